The van der Waals surface area contributed by atoms with Gasteiger partial charge in [0.1, 0.15) is 18.1 Å². The molecule has 3 aromatic rings. The number of alkyl halides is 4. The van der Waals surface area contributed by atoms with Crippen molar-refractivity contribution in [2.75, 3.05) is 18.9 Å². The van der Waals surface area contributed by atoms with Crippen LogP contribution in [0.3, 0.4) is 0 Å². The molecule has 7 rings (SSSR count). The molecule has 6 heterocycles. The quantitative estimate of drug-likeness (QED) is 0.226. The highest BCUT2D eigenvalue weighted by Gasteiger charge is 2.41. The third kappa shape index (κ3) is 5.20. The molecule has 0 N–H and O–H groups in total. The number of ether oxygens (including phenoxy) is 2. The van der Waals surface area contributed by atoms with Gasteiger partial charge in [0, 0.05) is 43.7 Å². The molecule has 16 heteroatoms. The van der Waals surface area contributed by atoms with E-state index in [2.05, 4.69) is 10.2 Å². The molecule has 4 aliphatic heterocycles. The molecule has 11 nitrogen and oxygen atoms in total. The molecule has 1 aromatic carbocycles. The lowest BCUT2D eigenvalue weighted by Crippen LogP contribution is -2.45. The molecule has 1 atom stereocenters. The molecule has 1 fully saturated rings. The summed E-state index contributed by atoms with van der Waals surface area (Å²) in [5.74, 6) is -0.0124. The fourth-order valence-corrected chi connectivity index (χ4v) is 7.82. The van der Waals surface area contributed by atoms with Crippen molar-refractivity contribution in [1.82, 2.24) is 33.4 Å². The number of aryl methyl sites for hydroxylation is 1. The van der Waals surface area contributed by atoms with Gasteiger partial charge in [-0.25, -0.2) is 26.9 Å². The van der Waals surface area contributed by atoms with Gasteiger partial charge in [-0.1, -0.05) is 30.3 Å². The summed E-state index contributed by atoms with van der Waals surface area (Å²) in [5.41, 5.74) is 1.06. The molecule has 0 bridgehead atoms. The van der Waals surface area contributed by atoms with Crippen LogP contribution in [0, 0.1) is 0 Å². The van der Waals surface area contributed by atoms with Crippen LogP contribution in [-0.2, 0) is 30.2 Å². The van der Waals surface area contributed by atoms with E-state index in [1.807, 2.05) is 34.9 Å². The maximum absolute atomic E-state index is 14.7. The lowest BCUT2D eigenvalue weighted by Gasteiger charge is -2.30. The number of aromatic nitrogens is 6. The molecule has 1 saturated heterocycles. The average Bonchev–Trinajstić information content (AvgIpc) is 3.75. The van der Waals surface area contributed by atoms with Crippen LogP contribution in [0.5, 0.6) is 11.8 Å². The standard InChI is InChI=1S/C29H27F4N7O4S/c1-37-15-20(27(36-37)44-29(32)33)21-19-9-5-10-38(13-17-7-3-2-4-8-17)26(19)34-23(21)22-24(25(30)31)35-39-14-18(16-43-28(22)39)40-11-6-12-45(40,41)42/h2-5,7-10,15,18,25,29H,6,11-14,16H2,1H3. The van der Waals surface area contributed by atoms with E-state index in [9.17, 15) is 26.0 Å². The number of halogens is 4. The van der Waals surface area contributed by atoms with Gasteiger partial charge >= 0.3 is 6.61 Å². The van der Waals surface area contributed by atoms with Crippen LogP contribution in [0.4, 0.5) is 17.6 Å². The van der Waals surface area contributed by atoms with Gasteiger partial charge in [-0.05, 0) is 24.1 Å². The molecular weight excluding hydrogens is 618 g/mol. The van der Waals surface area contributed by atoms with Crippen molar-refractivity contribution in [3.63, 3.8) is 0 Å². The van der Waals surface area contributed by atoms with E-state index < -0.39 is 40.7 Å². The molecule has 0 amide bonds. The van der Waals surface area contributed by atoms with Gasteiger partial charge in [0.2, 0.25) is 21.8 Å². The van der Waals surface area contributed by atoms with E-state index in [-0.39, 0.29) is 47.2 Å². The molecule has 45 heavy (non-hydrogen) atoms. The van der Waals surface area contributed by atoms with E-state index >= 15 is 0 Å². The van der Waals surface area contributed by atoms with Crippen LogP contribution in [0.15, 0.2) is 54.9 Å². The Hall–Kier alpha value is -4.44. The highest BCUT2D eigenvalue weighted by molar-refractivity contribution is 7.89. The molecule has 0 saturated carbocycles. The van der Waals surface area contributed by atoms with Crippen molar-refractivity contribution >= 4 is 10.0 Å². The Labute approximate surface area is 255 Å². The maximum atomic E-state index is 14.7. The summed E-state index contributed by atoms with van der Waals surface area (Å²) >= 11 is 0. The average molecular weight is 646 g/mol. The summed E-state index contributed by atoms with van der Waals surface area (Å²) in [7, 11) is -1.97. The predicted molar refractivity (Wildman–Crippen MR) is 154 cm³/mol. The van der Waals surface area contributed by atoms with Crippen LogP contribution >= 0.6 is 0 Å². The van der Waals surface area contributed by atoms with Crippen molar-refractivity contribution in [2.45, 2.75) is 38.6 Å². The molecule has 0 radical (unpaired) electrons. The zero-order valence-corrected chi connectivity index (χ0v) is 24.7. The first kappa shape index (κ1) is 29.3. The molecule has 0 spiro atoms. The number of sulfonamides is 1. The van der Waals surface area contributed by atoms with Crippen LogP contribution in [0.1, 0.15) is 24.1 Å². The zero-order valence-electron chi connectivity index (χ0n) is 23.9. The van der Waals surface area contributed by atoms with Crippen LogP contribution in [-0.4, -0.2) is 73.4 Å². The second kappa shape index (κ2) is 11.2. The predicted octanol–water partition coefficient (Wildman–Crippen LogP) is 4.64. The van der Waals surface area contributed by atoms with E-state index in [1.54, 1.807) is 18.3 Å². The van der Waals surface area contributed by atoms with Crippen LogP contribution < -0.4 is 9.47 Å². The minimum Gasteiger partial charge on any atom is -0.476 e. The third-order valence-electron chi connectivity index (χ3n) is 7.94. The first-order valence-electron chi connectivity index (χ1n) is 14.1. The summed E-state index contributed by atoms with van der Waals surface area (Å²) in [6.07, 6.45) is 0.641. The highest BCUT2D eigenvalue weighted by Crippen LogP contribution is 2.50. The molecule has 4 aliphatic rings. The topological polar surface area (TPSA) is 109 Å². The number of rotatable bonds is 8. The number of pyridine rings is 1. The molecule has 1 unspecified atom stereocenters. The van der Waals surface area contributed by atoms with Crippen molar-refractivity contribution in [3.05, 3.63) is 66.1 Å². The van der Waals surface area contributed by atoms with Gasteiger partial charge in [0.15, 0.2) is 0 Å². The molecule has 0 aliphatic carbocycles. The highest BCUT2D eigenvalue weighted by atomic mass is 32.2. The summed E-state index contributed by atoms with van der Waals surface area (Å²) < 4.78 is 98.0. The fourth-order valence-electron chi connectivity index (χ4n) is 6.10. The Morgan fingerprint density at radius 1 is 1.04 bits per heavy atom. The van der Waals surface area contributed by atoms with Crippen LogP contribution in [0.2, 0.25) is 0 Å². The Balaban J connectivity index is 1.43. The van der Waals surface area contributed by atoms with Gasteiger partial charge in [-0.2, -0.15) is 18.2 Å². The normalized spacial score (nSPS) is 18.2. The van der Waals surface area contributed by atoms with Gasteiger partial charge < -0.3 is 14.0 Å². The Morgan fingerprint density at radius 2 is 1.84 bits per heavy atom. The second-order valence-electron chi connectivity index (χ2n) is 10.9. The Morgan fingerprint density at radius 3 is 2.56 bits per heavy atom. The smallest absolute Gasteiger partial charge is 0.388 e. The van der Waals surface area contributed by atoms with Gasteiger partial charge in [-0.3, -0.25) is 4.68 Å². The number of fused-ring (bicyclic) bond motifs is 2. The Bertz CT molecular complexity index is 1940. The van der Waals surface area contributed by atoms with E-state index in [0.717, 1.165) is 5.56 Å². The largest absolute Gasteiger partial charge is 0.476 e. The second-order valence-corrected chi connectivity index (χ2v) is 12.9. The van der Waals surface area contributed by atoms with Gasteiger partial charge in [0.05, 0.1) is 35.2 Å². The maximum Gasteiger partial charge on any atom is 0.388 e. The number of hydrogen-bond acceptors (Lipinski definition) is 7. The zero-order chi connectivity index (χ0) is 31.5. The number of benzene rings is 1. The first-order chi connectivity index (χ1) is 21.6. The van der Waals surface area contributed by atoms with E-state index in [4.69, 9.17) is 14.5 Å². The summed E-state index contributed by atoms with van der Waals surface area (Å²) in [4.78, 5) is 4.84. The minimum atomic E-state index is -3.50. The summed E-state index contributed by atoms with van der Waals surface area (Å²) in [5, 5.41) is 8.22. The lowest BCUT2D eigenvalue weighted by molar-refractivity contribution is -0.0527. The minimum absolute atomic E-state index is 0.00744. The molecular formula is C29H27F4N7O4S. The van der Waals surface area contributed by atoms with Crippen LogP contribution in [0.25, 0.3) is 33.8 Å². The van der Waals surface area contributed by atoms with E-state index in [1.165, 1.54) is 26.9 Å². The fraction of sp³-hybridized carbons (Fsp3) is 0.345. The molecule has 2 aromatic heterocycles. The summed E-state index contributed by atoms with van der Waals surface area (Å²) in [6.45, 7) is -2.60. The SMILES string of the molecule is Cn1cc(-c2c3cccn(Cc4ccccc4)c-3nc2-c2c(C(F)F)nn3c2OCC(N2CCCS2(=O)=O)C3)c(OC(F)F)n1. The monoisotopic (exact) mass is 645 g/mol. The summed E-state index contributed by atoms with van der Waals surface area (Å²) in [6, 6.07) is 12.4. The van der Waals surface area contributed by atoms with Crippen molar-refractivity contribution in [1.29, 1.82) is 0 Å². The van der Waals surface area contributed by atoms with Gasteiger partial charge in [-0.15, -0.1) is 5.10 Å². The number of hydrogen-bond donors (Lipinski definition) is 0. The van der Waals surface area contributed by atoms with Crippen molar-refractivity contribution in [2.24, 2.45) is 7.05 Å². The number of nitrogens with zero attached hydrogens (tertiary/aromatic N) is 7. The third-order valence-corrected chi connectivity index (χ3v) is 9.94. The first-order valence-corrected chi connectivity index (χ1v) is 15.7. The Kier molecular flexibility index (Phi) is 7.27. The lowest BCUT2D eigenvalue weighted by atomic mass is 9.98. The molecule has 236 valence electrons. The van der Waals surface area contributed by atoms with Crippen molar-refractivity contribution < 1.29 is 35.5 Å². The van der Waals surface area contributed by atoms with Gasteiger partial charge in [0.25, 0.3) is 6.43 Å². The van der Waals surface area contributed by atoms with Crippen molar-refractivity contribution in [3.8, 4) is 45.5 Å². The van der Waals surface area contributed by atoms with E-state index in [0.29, 0.717) is 30.9 Å².